The minimum atomic E-state index is 1.08. The van der Waals surface area contributed by atoms with Crippen LogP contribution in [-0.4, -0.2) is 9.38 Å². The van der Waals surface area contributed by atoms with Crippen LogP contribution in [-0.2, 0) is 6.42 Å². The number of hydrogen-bond donors (Lipinski definition) is 0. The highest BCUT2D eigenvalue weighted by Crippen LogP contribution is 2.31. The van der Waals surface area contributed by atoms with Crippen molar-refractivity contribution in [3.05, 3.63) is 41.7 Å². The molecule has 0 fully saturated rings. The molecule has 0 aliphatic heterocycles. The summed E-state index contributed by atoms with van der Waals surface area (Å²) in [5.41, 5.74) is 3.81. The molecule has 78 valence electrons. The van der Waals surface area contributed by atoms with Crippen LogP contribution < -0.4 is 0 Å². The summed E-state index contributed by atoms with van der Waals surface area (Å²) in [4.78, 5) is 5.84. The molecule has 1 aliphatic carbocycles. The molecule has 0 saturated heterocycles. The number of imidazole rings is 1. The predicted molar refractivity (Wildman–Crippen MR) is 67.9 cm³/mol. The minimum absolute atomic E-state index is 1.08. The van der Waals surface area contributed by atoms with E-state index >= 15 is 0 Å². The van der Waals surface area contributed by atoms with Crippen LogP contribution in [0.2, 0.25) is 0 Å². The lowest BCUT2D eigenvalue weighted by Gasteiger charge is -2.03. The number of fused-ring (bicyclic) bond motifs is 5. The number of aromatic nitrogens is 2. The van der Waals surface area contributed by atoms with Gasteiger partial charge < -0.3 is 0 Å². The van der Waals surface area contributed by atoms with Gasteiger partial charge in [-0.05, 0) is 31.1 Å². The smallest absolute Gasteiger partial charge is 0.195 e. The average molecular weight is 226 g/mol. The van der Waals surface area contributed by atoms with Gasteiger partial charge in [-0.15, -0.1) is 0 Å². The second-order valence-corrected chi connectivity index (χ2v) is 5.08. The summed E-state index contributed by atoms with van der Waals surface area (Å²) in [5.74, 6) is 0. The molecule has 0 bridgehead atoms. The third-order valence-electron chi connectivity index (χ3n) is 3.09. The van der Waals surface area contributed by atoms with E-state index in [9.17, 15) is 0 Å². The molecule has 1 aliphatic rings. The third-order valence-corrected chi connectivity index (χ3v) is 4.11. The Morgan fingerprint density at radius 3 is 3.19 bits per heavy atom. The molecule has 3 heteroatoms. The lowest BCUT2D eigenvalue weighted by Crippen LogP contribution is -1.94. The van der Waals surface area contributed by atoms with E-state index in [-0.39, 0.29) is 0 Å². The van der Waals surface area contributed by atoms with E-state index < -0.39 is 0 Å². The van der Waals surface area contributed by atoms with Crippen molar-refractivity contribution in [3.63, 3.8) is 0 Å². The lowest BCUT2D eigenvalue weighted by atomic mass is 10.1. The van der Waals surface area contributed by atoms with Crippen molar-refractivity contribution in [1.29, 1.82) is 0 Å². The Labute approximate surface area is 96.9 Å². The number of benzene rings is 1. The zero-order valence-corrected chi connectivity index (χ0v) is 9.50. The SMILES string of the molecule is C1=Cc2c(nc3sc4ccccc4n23)CC1. The van der Waals surface area contributed by atoms with E-state index in [1.807, 2.05) is 0 Å². The van der Waals surface area contributed by atoms with Crippen molar-refractivity contribution in [2.45, 2.75) is 12.8 Å². The Kier molecular flexibility index (Phi) is 1.57. The van der Waals surface area contributed by atoms with Crippen molar-refractivity contribution < 1.29 is 0 Å². The Hall–Kier alpha value is -1.61. The zero-order valence-electron chi connectivity index (χ0n) is 8.68. The summed E-state index contributed by atoms with van der Waals surface area (Å²) in [7, 11) is 0. The quantitative estimate of drug-likeness (QED) is 0.573. The summed E-state index contributed by atoms with van der Waals surface area (Å²) in [6.45, 7) is 0. The fourth-order valence-electron chi connectivity index (χ4n) is 2.35. The number of thiazole rings is 1. The molecule has 16 heavy (non-hydrogen) atoms. The van der Waals surface area contributed by atoms with E-state index in [1.165, 1.54) is 21.6 Å². The van der Waals surface area contributed by atoms with Crippen LogP contribution >= 0.6 is 11.3 Å². The highest BCUT2D eigenvalue weighted by Gasteiger charge is 2.15. The molecule has 0 radical (unpaired) electrons. The first-order valence-corrected chi connectivity index (χ1v) is 6.30. The van der Waals surface area contributed by atoms with Gasteiger partial charge >= 0.3 is 0 Å². The van der Waals surface area contributed by atoms with Gasteiger partial charge in [0, 0.05) is 0 Å². The van der Waals surface area contributed by atoms with Gasteiger partial charge in [-0.1, -0.05) is 29.5 Å². The van der Waals surface area contributed by atoms with Crippen LogP contribution in [0.4, 0.5) is 0 Å². The molecule has 1 aromatic carbocycles. The van der Waals surface area contributed by atoms with Gasteiger partial charge in [0.1, 0.15) is 0 Å². The van der Waals surface area contributed by atoms with Crippen molar-refractivity contribution in [1.82, 2.24) is 9.38 Å². The first-order valence-electron chi connectivity index (χ1n) is 5.49. The van der Waals surface area contributed by atoms with Crippen molar-refractivity contribution in [2.24, 2.45) is 0 Å². The number of rotatable bonds is 0. The molecule has 0 spiro atoms. The van der Waals surface area contributed by atoms with Crippen LogP contribution in [0.3, 0.4) is 0 Å². The molecule has 0 atom stereocenters. The predicted octanol–water partition coefficient (Wildman–Crippen LogP) is 3.51. The van der Waals surface area contributed by atoms with Gasteiger partial charge in [0.15, 0.2) is 4.96 Å². The molecule has 4 rings (SSSR count). The number of nitrogens with zero attached hydrogens (tertiary/aromatic N) is 2. The van der Waals surface area contributed by atoms with E-state index in [4.69, 9.17) is 4.98 Å². The summed E-state index contributed by atoms with van der Waals surface area (Å²) in [6.07, 6.45) is 6.64. The van der Waals surface area contributed by atoms with Crippen molar-refractivity contribution in [2.75, 3.05) is 0 Å². The lowest BCUT2D eigenvalue weighted by molar-refractivity contribution is 0.943. The van der Waals surface area contributed by atoms with E-state index in [2.05, 4.69) is 40.8 Å². The van der Waals surface area contributed by atoms with Gasteiger partial charge in [0.05, 0.1) is 21.6 Å². The normalized spacial score (nSPS) is 14.8. The molecule has 0 N–H and O–H groups in total. The minimum Gasteiger partial charge on any atom is -0.283 e. The van der Waals surface area contributed by atoms with Crippen LogP contribution in [0.1, 0.15) is 17.8 Å². The Morgan fingerprint density at radius 2 is 2.19 bits per heavy atom. The Morgan fingerprint density at radius 1 is 1.25 bits per heavy atom. The summed E-state index contributed by atoms with van der Waals surface area (Å²) in [5, 5.41) is 0. The molecule has 0 unspecified atom stereocenters. The highest BCUT2D eigenvalue weighted by molar-refractivity contribution is 7.23. The van der Waals surface area contributed by atoms with Gasteiger partial charge in [0.2, 0.25) is 0 Å². The van der Waals surface area contributed by atoms with Gasteiger partial charge in [-0.25, -0.2) is 4.98 Å². The van der Waals surface area contributed by atoms with E-state index in [0.717, 1.165) is 17.8 Å². The molecular weight excluding hydrogens is 216 g/mol. The molecule has 2 aromatic heterocycles. The van der Waals surface area contributed by atoms with Crippen LogP contribution in [0.25, 0.3) is 21.3 Å². The number of aryl methyl sites for hydroxylation is 1. The summed E-state index contributed by atoms with van der Waals surface area (Å²) in [6, 6.07) is 8.50. The molecule has 3 aromatic rings. The van der Waals surface area contributed by atoms with Crippen molar-refractivity contribution >= 4 is 32.6 Å². The van der Waals surface area contributed by atoms with Gasteiger partial charge in [-0.2, -0.15) is 0 Å². The number of hydrogen-bond acceptors (Lipinski definition) is 2. The molecule has 2 heterocycles. The largest absolute Gasteiger partial charge is 0.283 e. The maximum Gasteiger partial charge on any atom is 0.195 e. The number of para-hydroxylation sites is 1. The first-order chi connectivity index (χ1) is 7.93. The highest BCUT2D eigenvalue weighted by atomic mass is 32.1. The zero-order chi connectivity index (χ0) is 10.5. The fraction of sp³-hybridized carbons (Fsp3) is 0.154. The van der Waals surface area contributed by atoms with Gasteiger partial charge in [-0.3, -0.25) is 4.40 Å². The monoisotopic (exact) mass is 226 g/mol. The van der Waals surface area contributed by atoms with E-state index in [1.54, 1.807) is 11.3 Å². The van der Waals surface area contributed by atoms with Crippen LogP contribution in [0.5, 0.6) is 0 Å². The van der Waals surface area contributed by atoms with Crippen molar-refractivity contribution in [3.8, 4) is 0 Å². The second kappa shape index (κ2) is 2.95. The summed E-state index contributed by atoms with van der Waals surface area (Å²) < 4.78 is 3.59. The van der Waals surface area contributed by atoms with E-state index in [0.29, 0.717) is 0 Å². The van der Waals surface area contributed by atoms with Crippen LogP contribution in [0.15, 0.2) is 30.3 Å². The number of allylic oxidation sites excluding steroid dienone is 1. The third kappa shape index (κ3) is 0.985. The topological polar surface area (TPSA) is 17.3 Å². The fourth-order valence-corrected chi connectivity index (χ4v) is 3.40. The first kappa shape index (κ1) is 8.53. The molecule has 0 saturated carbocycles. The summed E-state index contributed by atoms with van der Waals surface area (Å²) >= 11 is 1.77. The second-order valence-electron chi connectivity index (χ2n) is 4.07. The molecule has 2 nitrogen and oxygen atoms in total. The Bertz CT molecular complexity index is 718. The molecule has 0 amide bonds. The maximum atomic E-state index is 4.72. The van der Waals surface area contributed by atoms with Gasteiger partial charge in [0.25, 0.3) is 0 Å². The Balaban J connectivity index is 2.24. The maximum absolute atomic E-state index is 4.72. The van der Waals surface area contributed by atoms with Crippen LogP contribution in [0, 0.1) is 0 Å². The standard InChI is InChI=1S/C13H10N2S/c1-2-6-10-9(5-1)14-13-15(10)11-7-3-4-8-12(11)16-13/h2-4,6-8H,1,5H2. The molecular formula is C13H10N2S. The average Bonchev–Trinajstić information content (AvgIpc) is 2.83.